The predicted octanol–water partition coefficient (Wildman–Crippen LogP) is 3.52. The molecule has 1 aromatic carbocycles. The maximum Gasteiger partial charge on any atom is 0.248 e. The van der Waals surface area contributed by atoms with Crippen molar-refractivity contribution in [2.24, 2.45) is 0 Å². The quantitative estimate of drug-likeness (QED) is 0.541. The van der Waals surface area contributed by atoms with Gasteiger partial charge in [0.15, 0.2) is 0 Å². The molecule has 3 N–H and O–H groups in total. The van der Waals surface area contributed by atoms with Crippen molar-refractivity contribution in [3.05, 3.63) is 57.6 Å². The first kappa shape index (κ1) is 25.5. The van der Waals surface area contributed by atoms with Crippen LogP contribution in [0.3, 0.4) is 0 Å². The molecule has 2 aliphatic rings. The molecule has 0 bridgehead atoms. The lowest BCUT2D eigenvalue weighted by Crippen LogP contribution is -2.60. The molecular formula is C26H33FN4O3S. The van der Waals surface area contributed by atoms with Gasteiger partial charge in [-0.2, -0.15) is 0 Å². The molecule has 0 radical (unpaired) electrons. The minimum Gasteiger partial charge on any atom is -0.388 e. The number of likely N-dealkylation sites (N-methyl/N-ethyl adjacent to an activating group) is 1. The first-order valence-electron chi connectivity index (χ1n) is 12.0. The minimum absolute atomic E-state index is 0.238. The molecule has 2 heterocycles. The van der Waals surface area contributed by atoms with E-state index in [2.05, 4.69) is 10.6 Å². The second-order valence-corrected chi connectivity index (χ2v) is 10.7. The van der Waals surface area contributed by atoms with Gasteiger partial charge in [-0.25, -0.2) is 9.37 Å². The number of hydrogen-bond acceptors (Lipinski definition) is 6. The molecule has 2 amide bonds. The lowest BCUT2D eigenvalue weighted by Gasteiger charge is -2.35. The number of carbonyl (C=O) groups is 2. The van der Waals surface area contributed by atoms with Gasteiger partial charge in [0.2, 0.25) is 11.8 Å². The molecule has 1 saturated heterocycles. The number of fused-ring (bicyclic) bond motifs is 1. The van der Waals surface area contributed by atoms with Crippen LogP contribution in [0.4, 0.5) is 4.39 Å². The summed E-state index contributed by atoms with van der Waals surface area (Å²) in [6.07, 6.45) is 2.74. The number of benzene rings is 1. The lowest BCUT2D eigenvalue weighted by atomic mass is 9.88. The molecule has 1 fully saturated rings. The van der Waals surface area contributed by atoms with E-state index in [1.165, 1.54) is 25.2 Å². The van der Waals surface area contributed by atoms with E-state index >= 15 is 0 Å². The van der Waals surface area contributed by atoms with Gasteiger partial charge in [-0.05, 0) is 51.8 Å². The van der Waals surface area contributed by atoms with Gasteiger partial charge in [-0.3, -0.25) is 9.59 Å². The number of alkyl halides is 1. The highest BCUT2D eigenvalue weighted by molar-refractivity contribution is 7.09. The van der Waals surface area contributed by atoms with Crippen LogP contribution in [-0.2, 0) is 9.59 Å². The van der Waals surface area contributed by atoms with E-state index in [9.17, 15) is 19.1 Å². The van der Waals surface area contributed by atoms with Crippen LogP contribution in [0.15, 0.2) is 35.7 Å². The molecule has 2 aromatic rings. The Morgan fingerprint density at radius 1 is 1.31 bits per heavy atom. The van der Waals surface area contributed by atoms with Gasteiger partial charge in [0.1, 0.15) is 17.2 Å². The highest BCUT2D eigenvalue weighted by atomic mass is 32.1. The van der Waals surface area contributed by atoms with Gasteiger partial charge in [0, 0.05) is 23.9 Å². The van der Waals surface area contributed by atoms with E-state index in [1.54, 1.807) is 18.9 Å². The maximum absolute atomic E-state index is 14.4. The molecule has 188 valence electrons. The van der Waals surface area contributed by atoms with Crippen LogP contribution in [0.1, 0.15) is 74.1 Å². The number of thiazole rings is 1. The van der Waals surface area contributed by atoms with Crippen LogP contribution >= 0.6 is 11.3 Å². The second-order valence-electron chi connectivity index (χ2n) is 9.77. The molecule has 4 rings (SSSR count). The van der Waals surface area contributed by atoms with E-state index < -0.39 is 23.9 Å². The number of allylic oxidation sites excluding steroid dienone is 1. The number of amides is 2. The Morgan fingerprint density at radius 3 is 2.77 bits per heavy atom. The van der Waals surface area contributed by atoms with Gasteiger partial charge in [0.05, 0.1) is 23.4 Å². The van der Waals surface area contributed by atoms with Crippen molar-refractivity contribution in [3.8, 4) is 0 Å². The number of aliphatic hydroxyl groups is 1. The number of aromatic nitrogens is 1. The highest BCUT2D eigenvalue weighted by Gasteiger charge is 2.42. The number of nitrogens with zero attached hydrogens (tertiary/aromatic N) is 2. The zero-order valence-electron chi connectivity index (χ0n) is 20.5. The zero-order chi connectivity index (χ0) is 25.3. The first-order valence-corrected chi connectivity index (χ1v) is 12.9. The summed E-state index contributed by atoms with van der Waals surface area (Å²) in [5, 5.41) is 19.1. The molecule has 1 aliphatic heterocycles. The lowest BCUT2D eigenvalue weighted by molar-refractivity contribution is -0.144. The molecule has 2 unspecified atom stereocenters. The van der Waals surface area contributed by atoms with Gasteiger partial charge < -0.3 is 20.6 Å². The van der Waals surface area contributed by atoms with Crippen LogP contribution in [0.25, 0.3) is 5.57 Å². The summed E-state index contributed by atoms with van der Waals surface area (Å²) in [5.74, 6) is -0.676. The third-order valence-corrected chi connectivity index (χ3v) is 7.75. The summed E-state index contributed by atoms with van der Waals surface area (Å²) in [4.78, 5) is 32.7. The monoisotopic (exact) mass is 500 g/mol. The Balaban J connectivity index is 1.58. The van der Waals surface area contributed by atoms with E-state index in [0.29, 0.717) is 18.5 Å². The summed E-state index contributed by atoms with van der Waals surface area (Å²) in [6.45, 7) is 5.27. The van der Waals surface area contributed by atoms with Crippen molar-refractivity contribution in [2.75, 3.05) is 13.6 Å². The molecule has 9 heteroatoms. The Hall–Kier alpha value is -2.62. The molecule has 0 saturated carbocycles. The Morgan fingerprint density at radius 2 is 2.06 bits per heavy atom. The fraction of sp³-hybridized carbons (Fsp3) is 0.500. The largest absolute Gasteiger partial charge is 0.388 e. The summed E-state index contributed by atoms with van der Waals surface area (Å²) >= 11 is 1.48. The third kappa shape index (κ3) is 5.17. The van der Waals surface area contributed by atoms with Crippen molar-refractivity contribution in [1.29, 1.82) is 0 Å². The van der Waals surface area contributed by atoms with Crippen LogP contribution in [0.2, 0.25) is 0 Å². The number of likely N-dealkylation sites (tertiary alicyclic amines) is 1. The standard InChI is InChI=1S/C26H33FN4O3S/c1-15(28-4)23(32)30-22(26(2,3)34)25(33)31-13-7-10-21(31)24-29-20(14-35-24)18-11-12-19(27)17-9-6-5-8-16(17)18/h5-6,8-9,11,14-15,19,21-22,28,34H,7,10,12-13H2,1-4H3,(H,30,32)/t15-,19?,21?,22+/m0/s1. The number of rotatable bonds is 7. The van der Waals surface area contributed by atoms with Gasteiger partial charge >= 0.3 is 0 Å². The fourth-order valence-electron chi connectivity index (χ4n) is 4.67. The number of hydrogen-bond donors (Lipinski definition) is 3. The average Bonchev–Trinajstić information content (AvgIpc) is 3.51. The van der Waals surface area contributed by atoms with Crippen molar-refractivity contribution < 1.29 is 19.1 Å². The smallest absolute Gasteiger partial charge is 0.248 e. The van der Waals surface area contributed by atoms with Crippen molar-refractivity contribution in [1.82, 2.24) is 20.5 Å². The van der Waals surface area contributed by atoms with Crippen LogP contribution in [-0.4, -0.2) is 58.1 Å². The van der Waals surface area contributed by atoms with Gasteiger partial charge in [0.25, 0.3) is 0 Å². The summed E-state index contributed by atoms with van der Waals surface area (Å²) in [7, 11) is 1.66. The van der Waals surface area contributed by atoms with Crippen molar-refractivity contribution in [3.63, 3.8) is 0 Å². The van der Waals surface area contributed by atoms with Crippen LogP contribution in [0.5, 0.6) is 0 Å². The maximum atomic E-state index is 14.4. The zero-order valence-corrected chi connectivity index (χ0v) is 21.4. The fourth-order valence-corrected chi connectivity index (χ4v) is 5.64. The summed E-state index contributed by atoms with van der Waals surface area (Å²) in [5.41, 5.74) is 1.78. The Bertz CT molecular complexity index is 1130. The predicted molar refractivity (Wildman–Crippen MR) is 135 cm³/mol. The molecule has 7 nitrogen and oxygen atoms in total. The first-order chi connectivity index (χ1) is 16.6. The molecule has 0 spiro atoms. The molecule has 1 aromatic heterocycles. The van der Waals surface area contributed by atoms with E-state index in [0.717, 1.165) is 34.7 Å². The van der Waals surface area contributed by atoms with Crippen molar-refractivity contribution >= 4 is 28.7 Å². The Kier molecular flexibility index (Phi) is 7.40. The highest BCUT2D eigenvalue weighted by Crippen LogP contribution is 2.41. The molecule has 4 atom stereocenters. The normalized spacial score (nSPS) is 21.8. The van der Waals surface area contributed by atoms with Gasteiger partial charge in [-0.1, -0.05) is 30.3 Å². The third-order valence-electron chi connectivity index (χ3n) is 6.80. The number of halogens is 1. The topological polar surface area (TPSA) is 94.6 Å². The van der Waals surface area contributed by atoms with E-state index in [1.807, 2.05) is 35.7 Å². The van der Waals surface area contributed by atoms with Crippen molar-refractivity contribution in [2.45, 2.75) is 69.9 Å². The van der Waals surface area contributed by atoms with Gasteiger partial charge in [-0.15, -0.1) is 11.3 Å². The van der Waals surface area contributed by atoms with E-state index in [-0.39, 0.29) is 17.9 Å². The van der Waals surface area contributed by atoms with Crippen LogP contribution in [0, 0.1) is 0 Å². The summed E-state index contributed by atoms with van der Waals surface area (Å²) < 4.78 is 14.4. The SMILES string of the molecule is CN[C@@H](C)C(=O)N[C@H](C(=O)N1CCCC1c1nc(C2=CCC(F)c3ccccc32)cs1)C(C)(C)O. The average molecular weight is 501 g/mol. The summed E-state index contributed by atoms with van der Waals surface area (Å²) in [6, 6.07) is 5.66. The van der Waals surface area contributed by atoms with Crippen LogP contribution < -0.4 is 10.6 Å². The second kappa shape index (κ2) is 10.2. The number of carbonyl (C=O) groups excluding carboxylic acids is 2. The molecule has 35 heavy (non-hydrogen) atoms. The van der Waals surface area contributed by atoms with E-state index in [4.69, 9.17) is 4.98 Å². The molecular weight excluding hydrogens is 467 g/mol. The minimum atomic E-state index is -1.44. The molecule has 1 aliphatic carbocycles. The number of nitrogens with one attached hydrogen (secondary N) is 2. The Labute approximate surface area is 209 Å².